The largest absolute Gasteiger partial charge is 0.395 e. The summed E-state index contributed by atoms with van der Waals surface area (Å²) in [6, 6.07) is 1.29. The predicted molar refractivity (Wildman–Crippen MR) is 64.1 cm³/mol. The fourth-order valence-electron chi connectivity index (χ4n) is 2.37. The van der Waals surface area contributed by atoms with Crippen molar-refractivity contribution in [2.75, 3.05) is 26.2 Å². The van der Waals surface area contributed by atoms with Crippen LogP contribution in [0, 0.1) is 0 Å². The van der Waals surface area contributed by atoms with E-state index < -0.39 is 0 Å². The van der Waals surface area contributed by atoms with E-state index in [0.717, 1.165) is 25.7 Å². The van der Waals surface area contributed by atoms with Crippen molar-refractivity contribution in [1.29, 1.82) is 0 Å². The molecule has 3 nitrogen and oxygen atoms in total. The second kappa shape index (κ2) is 7.20. The number of aliphatic hydroxyl groups excluding tert-OH is 1. The van der Waals surface area contributed by atoms with Gasteiger partial charge in [-0.1, -0.05) is 26.7 Å². The minimum absolute atomic E-state index is 0.290. The molecule has 0 heterocycles. The zero-order valence-corrected chi connectivity index (χ0v) is 10.2. The normalized spacial score (nSPS) is 18.2. The molecule has 1 aliphatic rings. The zero-order valence-electron chi connectivity index (χ0n) is 10.2. The fourth-order valence-corrected chi connectivity index (χ4v) is 2.37. The van der Waals surface area contributed by atoms with E-state index in [1.165, 1.54) is 25.7 Å². The summed E-state index contributed by atoms with van der Waals surface area (Å²) in [6.45, 7) is 7.58. The predicted octanol–water partition coefficient (Wildman–Crippen LogP) is 1.22. The van der Waals surface area contributed by atoms with Crippen molar-refractivity contribution in [3.63, 3.8) is 0 Å². The molecule has 0 unspecified atom stereocenters. The fraction of sp³-hybridized carbons (Fsp3) is 1.00. The second-order valence-corrected chi connectivity index (χ2v) is 4.81. The first-order valence-electron chi connectivity index (χ1n) is 6.32. The summed E-state index contributed by atoms with van der Waals surface area (Å²) in [5, 5.41) is 12.5. The van der Waals surface area contributed by atoms with Gasteiger partial charge in [-0.25, -0.2) is 0 Å². The molecule has 0 atom stereocenters. The molecule has 0 bridgehead atoms. The van der Waals surface area contributed by atoms with Crippen LogP contribution in [0.15, 0.2) is 0 Å². The van der Waals surface area contributed by atoms with Gasteiger partial charge in [-0.3, -0.25) is 4.90 Å². The minimum Gasteiger partial charge on any atom is -0.395 e. The van der Waals surface area contributed by atoms with Gasteiger partial charge in [-0.05, 0) is 12.8 Å². The van der Waals surface area contributed by atoms with E-state index in [1.807, 2.05) is 0 Å². The second-order valence-electron chi connectivity index (χ2n) is 4.81. The molecule has 0 aromatic carbocycles. The summed E-state index contributed by atoms with van der Waals surface area (Å²) < 4.78 is 0. The van der Waals surface area contributed by atoms with Gasteiger partial charge in [-0.15, -0.1) is 0 Å². The lowest BCUT2D eigenvalue weighted by atomic mass is 10.2. The molecule has 1 fully saturated rings. The first-order valence-corrected chi connectivity index (χ1v) is 6.32. The highest BCUT2D eigenvalue weighted by Gasteiger charge is 2.21. The van der Waals surface area contributed by atoms with Crippen LogP contribution in [0.3, 0.4) is 0 Å². The number of hydrogen-bond donors (Lipinski definition) is 2. The van der Waals surface area contributed by atoms with E-state index in [2.05, 4.69) is 24.1 Å². The zero-order chi connectivity index (χ0) is 11.1. The number of hydrogen-bond acceptors (Lipinski definition) is 3. The van der Waals surface area contributed by atoms with Crippen LogP contribution in [0.25, 0.3) is 0 Å². The standard InChI is InChI=1S/C12H26N2O/c1-11(2)13-7-8-14(9-10-15)12-5-3-4-6-12/h11-13,15H,3-10H2,1-2H3. The molecular weight excluding hydrogens is 188 g/mol. The molecular formula is C12H26N2O. The number of aliphatic hydroxyl groups is 1. The third-order valence-electron chi connectivity index (χ3n) is 3.18. The molecule has 15 heavy (non-hydrogen) atoms. The van der Waals surface area contributed by atoms with E-state index in [0.29, 0.717) is 6.04 Å². The van der Waals surface area contributed by atoms with E-state index in [1.54, 1.807) is 0 Å². The van der Waals surface area contributed by atoms with E-state index in [4.69, 9.17) is 5.11 Å². The van der Waals surface area contributed by atoms with E-state index in [-0.39, 0.29) is 6.61 Å². The van der Waals surface area contributed by atoms with Crippen molar-refractivity contribution in [2.24, 2.45) is 0 Å². The summed E-state index contributed by atoms with van der Waals surface area (Å²) >= 11 is 0. The van der Waals surface area contributed by atoms with Gasteiger partial charge in [0.2, 0.25) is 0 Å². The number of rotatable bonds is 7. The Kier molecular flexibility index (Phi) is 6.22. The molecule has 0 aromatic rings. The molecule has 1 rings (SSSR count). The Morgan fingerprint density at radius 3 is 2.47 bits per heavy atom. The van der Waals surface area contributed by atoms with Crippen LogP contribution in [-0.4, -0.2) is 48.3 Å². The molecule has 1 saturated carbocycles. The van der Waals surface area contributed by atoms with Crippen LogP contribution in [0.4, 0.5) is 0 Å². The van der Waals surface area contributed by atoms with Crippen molar-refractivity contribution in [2.45, 2.75) is 51.6 Å². The summed E-state index contributed by atoms with van der Waals surface area (Å²) in [5.41, 5.74) is 0. The Morgan fingerprint density at radius 1 is 1.27 bits per heavy atom. The van der Waals surface area contributed by atoms with Crippen molar-refractivity contribution in [3.05, 3.63) is 0 Å². The molecule has 2 N–H and O–H groups in total. The van der Waals surface area contributed by atoms with E-state index in [9.17, 15) is 0 Å². The van der Waals surface area contributed by atoms with Crippen molar-refractivity contribution >= 4 is 0 Å². The Morgan fingerprint density at radius 2 is 1.93 bits per heavy atom. The molecule has 0 amide bonds. The molecule has 3 heteroatoms. The van der Waals surface area contributed by atoms with Crippen LogP contribution in [0.2, 0.25) is 0 Å². The van der Waals surface area contributed by atoms with Crippen LogP contribution in [0.1, 0.15) is 39.5 Å². The van der Waals surface area contributed by atoms with E-state index >= 15 is 0 Å². The van der Waals surface area contributed by atoms with Gasteiger partial charge in [0.25, 0.3) is 0 Å². The first kappa shape index (κ1) is 12.9. The maximum Gasteiger partial charge on any atom is 0.0558 e. The lowest BCUT2D eigenvalue weighted by Crippen LogP contribution is -2.41. The van der Waals surface area contributed by atoms with Crippen molar-refractivity contribution in [1.82, 2.24) is 10.2 Å². The van der Waals surface area contributed by atoms with Gasteiger partial charge in [0.05, 0.1) is 6.61 Å². The summed E-state index contributed by atoms with van der Waals surface area (Å²) in [6.07, 6.45) is 5.37. The highest BCUT2D eigenvalue weighted by Crippen LogP contribution is 2.22. The molecule has 0 aromatic heterocycles. The molecule has 1 aliphatic carbocycles. The monoisotopic (exact) mass is 214 g/mol. The van der Waals surface area contributed by atoms with Crippen LogP contribution in [-0.2, 0) is 0 Å². The smallest absolute Gasteiger partial charge is 0.0558 e. The highest BCUT2D eigenvalue weighted by molar-refractivity contribution is 4.77. The third-order valence-corrected chi connectivity index (χ3v) is 3.18. The lowest BCUT2D eigenvalue weighted by molar-refractivity contribution is 0.151. The first-order chi connectivity index (χ1) is 7.24. The van der Waals surface area contributed by atoms with Gasteiger partial charge >= 0.3 is 0 Å². The molecule has 0 radical (unpaired) electrons. The maximum atomic E-state index is 9.04. The van der Waals surface area contributed by atoms with Crippen LogP contribution < -0.4 is 5.32 Å². The Balaban J connectivity index is 2.23. The Hall–Kier alpha value is -0.120. The number of nitrogens with one attached hydrogen (secondary N) is 1. The molecule has 0 saturated heterocycles. The SMILES string of the molecule is CC(C)NCCN(CCO)C1CCCC1. The minimum atomic E-state index is 0.290. The number of nitrogens with zero attached hydrogens (tertiary/aromatic N) is 1. The Labute approximate surface area is 93.9 Å². The average Bonchev–Trinajstić information content (AvgIpc) is 2.68. The van der Waals surface area contributed by atoms with Crippen LogP contribution >= 0.6 is 0 Å². The van der Waals surface area contributed by atoms with Gasteiger partial charge in [0.15, 0.2) is 0 Å². The molecule has 0 spiro atoms. The van der Waals surface area contributed by atoms with Gasteiger partial charge < -0.3 is 10.4 Å². The maximum absolute atomic E-state index is 9.04. The van der Waals surface area contributed by atoms with Crippen LogP contribution in [0.5, 0.6) is 0 Å². The quantitative estimate of drug-likeness (QED) is 0.669. The third kappa shape index (κ3) is 4.96. The molecule has 0 aliphatic heterocycles. The summed E-state index contributed by atoms with van der Waals surface area (Å²) in [4.78, 5) is 2.45. The Bertz CT molecular complexity index is 156. The van der Waals surface area contributed by atoms with Crippen molar-refractivity contribution in [3.8, 4) is 0 Å². The summed E-state index contributed by atoms with van der Waals surface area (Å²) in [5.74, 6) is 0. The highest BCUT2D eigenvalue weighted by atomic mass is 16.3. The van der Waals surface area contributed by atoms with Gasteiger partial charge in [-0.2, -0.15) is 0 Å². The topological polar surface area (TPSA) is 35.5 Å². The van der Waals surface area contributed by atoms with Crippen molar-refractivity contribution < 1.29 is 5.11 Å². The molecule has 90 valence electrons. The average molecular weight is 214 g/mol. The lowest BCUT2D eigenvalue weighted by Gasteiger charge is -2.28. The van der Waals surface area contributed by atoms with Gasteiger partial charge in [0.1, 0.15) is 0 Å². The summed E-state index contributed by atoms with van der Waals surface area (Å²) in [7, 11) is 0. The van der Waals surface area contributed by atoms with Gasteiger partial charge in [0, 0.05) is 31.7 Å².